The molecule has 0 nitrogen and oxygen atoms in total. The van der Waals surface area contributed by atoms with Crippen molar-refractivity contribution in [2.24, 2.45) is 0 Å². The second-order valence-corrected chi connectivity index (χ2v) is 4.55. The van der Waals surface area contributed by atoms with Gasteiger partial charge < -0.3 is 0 Å². The second-order valence-electron chi connectivity index (χ2n) is 3.97. The maximum Gasteiger partial charge on any atom is 0.118 e. The minimum absolute atomic E-state index is 0. The van der Waals surface area contributed by atoms with Crippen LogP contribution in [0.4, 0.5) is 0 Å². The Labute approximate surface area is 139 Å². The molecule has 0 unspecified atom stereocenters. The molecule has 0 fully saturated rings. The molecule has 2 radical (unpaired) electrons. The van der Waals surface area contributed by atoms with Gasteiger partial charge in [-0.05, 0) is 0 Å². The lowest BCUT2D eigenvalue weighted by Gasteiger charge is -2.00. The summed E-state index contributed by atoms with van der Waals surface area (Å²) in [5.74, 6) is 0. The van der Waals surface area contributed by atoms with Crippen LogP contribution in [0.25, 0.3) is 0 Å². The monoisotopic (exact) mass is 452 g/mol. The first-order chi connectivity index (χ1) is 6.41. The summed E-state index contributed by atoms with van der Waals surface area (Å²) in [5, 5.41) is 1.29. The van der Waals surface area contributed by atoms with Crippen LogP contribution >= 0.6 is 48.0 Å². The molecule has 92 valence electrons. The fourth-order valence-corrected chi connectivity index (χ4v) is 1.92. The normalized spacial score (nSPS) is 9.13. The number of halogens is 2. The van der Waals surface area contributed by atoms with Crippen LogP contribution in [0.2, 0.25) is 5.28 Å². The Hall–Kier alpha value is 1.99. The summed E-state index contributed by atoms with van der Waals surface area (Å²) < 4.78 is 0. The second kappa shape index (κ2) is 21.3. The highest BCUT2D eigenvalue weighted by Gasteiger charge is 1.90. The van der Waals surface area contributed by atoms with Crippen molar-refractivity contribution in [2.45, 2.75) is 76.4 Å². The van der Waals surface area contributed by atoms with Gasteiger partial charge in [-0.3, -0.25) is 0 Å². The Kier molecular flexibility index (Phi) is 31.5. The Morgan fingerprint density at radius 3 is 1.27 bits per heavy atom. The maximum absolute atomic E-state index is 2.81. The molecule has 0 aliphatic rings. The first kappa shape index (κ1) is 22.2. The van der Waals surface area contributed by atoms with Gasteiger partial charge in [0.25, 0.3) is 0 Å². The SMILES string of the molecule is CCCCCCCCCCC[CH2][Al].I.I. The van der Waals surface area contributed by atoms with Crippen molar-refractivity contribution in [3.8, 4) is 0 Å². The summed E-state index contributed by atoms with van der Waals surface area (Å²) in [5.41, 5.74) is 0. The summed E-state index contributed by atoms with van der Waals surface area (Å²) >= 11 is 2.81. The van der Waals surface area contributed by atoms with Gasteiger partial charge in [-0.25, -0.2) is 0 Å². The smallest absolute Gasteiger partial charge is 0.118 e. The van der Waals surface area contributed by atoms with Crippen LogP contribution in [-0.2, 0) is 0 Å². The average Bonchev–Trinajstić information content (AvgIpc) is 2.16. The van der Waals surface area contributed by atoms with E-state index in [0.717, 1.165) is 0 Å². The third kappa shape index (κ3) is 21.8. The zero-order valence-corrected chi connectivity index (χ0v) is 16.0. The first-order valence-electron chi connectivity index (χ1n) is 6.12. The number of hydrogen-bond acceptors (Lipinski definition) is 0. The topological polar surface area (TPSA) is 0 Å². The predicted molar refractivity (Wildman–Crippen MR) is 93.2 cm³/mol. The minimum atomic E-state index is 0. The van der Waals surface area contributed by atoms with Crippen LogP contribution in [0.3, 0.4) is 0 Å². The third-order valence-corrected chi connectivity index (χ3v) is 2.97. The molecule has 0 aromatic heterocycles. The molecule has 0 rings (SSSR count). The molecule has 15 heavy (non-hydrogen) atoms. The van der Waals surface area contributed by atoms with E-state index in [9.17, 15) is 0 Å². The van der Waals surface area contributed by atoms with Gasteiger partial charge in [0.15, 0.2) is 0 Å². The Bertz CT molecular complexity index is 79.7. The van der Waals surface area contributed by atoms with Crippen LogP contribution < -0.4 is 0 Å². The first-order valence-corrected chi connectivity index (χ1v) is 6.93. The van der Waals surface area contributed by atoms with Crippen molar-refractivity contribution in [1.29, 1.82) is 0 Å². The summed E-state index contributed by atoms with van der Waals surface area (Å²) in [6.45, 7) is 2.28. The summed E-state index contributed by atoms with van der Waals surface area (Å²) in [4.78, 5) is 0. The molecule has 0 N–H and O–H groups in total. The fourth-order valence-electron chi connectivity index (χ4n) is 1.63. The van der Waals surface area contributed by atoms with Gasteiger partial charge in [0, 0.05) is 0 Å². The molecule has 0 spiro atoms. The van der Waals surface area contributed by atoms with E-state index in [4.69, 9.17) is 0 Å². The van der Waals surface area contributed by atoms with Gasteiger partial charge >= 0.3 is 0 Å². The van der Waals surface area contributed by atoms with Gasteiger partial charge in [-0.1, -0.05) is 71.1 Å². The molecular formula is C12H27AlI2. The van der Waals surface area contributed by atoms with Crippen LogP contribution in [0.1, 0.15) is 71.1 Å². The molecule has 0 saturated carbocycles. The van der Waals surface area contributed by atoms with Gasteiger partial charge in [-0.15, -0.1) is 53.2 Å². The molecule has 3 heteroatoms. The largest absolute Gasteiger partial charge is 0.118 e. The number of rotatable bonds is 10. The van der Waals surface area contributed by atoms with E-state index in [0.29, 0.717) is 0 Å². The predicted octanol–water partition coefficient (Wildman–Crippen LogP) is 5.73. The number of unbranched alkanes of at least 4 members (excludes halogenated alkanes) is 9. The molecule has 0 amide bonds. The zero-order valence-electron chi connectivity index (χ0n) is 10.2. The van der Waals surface area contributed by atoms with E-state index in [2.05, 4.69) is 23.2 Å². The summed E-state index contributed by atoms with van der Waals surface area (Å²) in [7, 11) is 0. The highest BCUT2D eigenvalue weighted by atomic mass is 127. The van der Waals surface area contributed by atoms with E-state index in [-0.39, 0.29) is 48.0 Å². The van der Waals surface area contributed by atoms with Gasteiger partial charge in [0.1, 0.15) is 16.3 Å². The third-order valence-electron chi connectivity index (χ3n) is 2.56. The zero-order chi connectivity index (χ0) is 9.78. The van der Waals surface area contributed by atoms with Gasteiger partial charge in [0.05, 0.1) is 0 Å². The van der Waals surface area contributed by atoms with Crippen LogP contribution in [-0.4, -0.2) is 16.3 Å². The lowest BCUT2D eigenvalue weighted by molar-refractivity contribution is 0.562. The van der Waals surface area contributed by atoms with E-state index in [1.165, 1.54) is 69.5 Å². The van der Waals surface area contributed by atoms with Crippen LogP contribution in [0.15, 0.2) is 0 Å². The van der Waals surface area contributed by atoms with Crippen LogP contribution in [0, 0.1) is 0 Å². The lowest BCUT2D eigenvalue weighted by Crippen LogP contribution is -1.81. The quantitative estimate of drug-likeness (QED) is 0.226. The van der Waals surface area contributed by atoms with Crippen molar-refractivity contribution in [3.05, 3.63) is 0 Å². The molecule has 0 heterocycles. The highest BCUT2D eigenvalue weighted by Crippen LogP contribution is 2.10. The Morgan fingerprint density at radius 1 is 0.600 bits per heavy atom. The van der Waals surface area contributed by atoms with Crippen LogP contribution in [0.5, 0.6) is 0 Å². The van der Waals surface area contributed by atoms with Crippen molar-refractivity contribution < 1.29 is 0 Å². The average molecular weight is 452 g/mol. The molecule has 0 aliphatic heterocycles. The van der Waals surface area contributed by atoms with Crippen molar-refractivity contribution in [2.75, 3.05) is 0 Å². The standard InChI is InChI=1S/C12H25.Al.2HI/c1-3-5-7-9-11-12-10-8-6-4-2;;;/h1,3-12H2,2H3;;2*1H. The van der Waals surface area contributed by atoms with Crippen molar-refractivity contribution >= 4 is 64.2 Å². The lowest BCUT2D eigenvalue weighted by atomic mass is 10.1. The minimum Gasteiger partial charge on any atom is -0.118 e. The summed E-state index contributed by atoms with van der Waals surface area (Å²) in [6, 6.07) is 0. The van der Waals surface area contributed by atoms with E-state index in [1.54, 1.807) is 0 Å². The van der Waals surface area contributed by atoms with E-state index < -0.39 is 0 Å². The Balaban J connectivity index is -0.000000720. The highest BCUT2D eigenvalue weighted by molar-refractivity contribution is 14.0. The van der Waals surface area contributed by atoms with Gasteiger partial charge in [-0.2, -0.15) is 0 Å². The molecular weight excluding hydrogens is 425 g/mol. The van der Waals surface area contributed by atoms with Gasteiger partial charge in [0.2, 0.25) is 0 Å². The molecule has 0 aromatic rings. The molecule has 0 aliphatic carbocycles. The fraction of sp³-hybridized carbons (Fsp3) is 1.00. The van der Waals surface area contributed by atoms with Crippen molar-refractivity contribution in [1.82, 2.24) is 0 Å². The number of hydrogen-bond donors (Lipinski definition) is 0. The maximum atomic E-state index is 2.81. The molecule has 0 bridgehead atoms. The molecule has 0 aromatic carbocycles. The van der Waals surface area contributed by atoms with Crippen molar-refractivity contribution in [3.63, 3.8) is 0 Å². The van der Waals surface area contributed by atoms with E-state index >= 15 is 0 Å². The molecule has 0 atom stereocenters. The van der Waals surface area contributed by atoms with E-state index in [1.807, 2.05) is 0 Å². The molecule has 0 saturated heterocycles. The Morgan fingerprint density at radius 2 is 0.933 bits per heavy atom. The summed E-state index contributed by atoms with van der Waals surface area (Å²) in [6.07, 6.45) is 14.5.